The molecular weight excluding hydrogens is 1140 g/mol. The number of alkyl carbamates (subject to hydrolysis) is 1. The van der Waals surface area contributed by atoms with E-state index in [4.69, 9.17) is 24.7 Å². The number of allylic oxidation sites excluding steroid dienone is 1. The van der Waals surface area contributed by atoms with Crippen molar-refractivity contribution in [1.82, 2.24) is 35.9 Å². The number of ether oxygens (including phenoxy) is 4. The summed E-state index contributed by atoms with van der Waals surface area (Å²) < 4.78 is 23.0. The first-order valence-corrected chi connectivity index (χ1v) is 28.2. The lowest BCUT2D eigenvalue weighted by molar-refractivity contribution is -0.246. The first-order chi connectivity index (χ1) is 40.0. The minimum Gasteiger partial charge on any atom is -0.507 e. The van der Waals surface area contributed by atoms with Crippen LogP contribution in [0, 0.1) is 5.41 Å². The van der Waals surface area contributed by atoms with E-state index in [2.05, 4.69) is 41.2 Å². The molecule has 3 aromatic carbocycles. The van der Waals surface area contributed by atoms with Crippen LogP contribution in [0.2, 0.25) is 0 Å². The van der Waals surface area contributed by atoms with Gasteiger partial charge in [-0.15, -0.1) is 0 Å². The maximum Gasteiger partial charge on any atom is 0.407 e. The lowest BCUT2D eigenvalue weighted by Gasteiger charge is -2.43. The summed E-state index contributed by atoms with van der Waals surface area (Å²) >= 11 is 0. The van der Waals surface area contributed by atoms with Crippen molar-refractivity contribution in [3.63, 3.8) is 0 Å². The fraction of sp³-hybridized carbons (Fsp3) is 0.370. The Balaban J connectivity index is 0.798. The third-order valence-corrected chi connectivity index (χ3v) is 16.6. The molecule has 0 saturated carbocycles. The van der Waals surface area contributed by atoms with E-state index < -0.39 is 136 Å². The molecule has 1 fully saturated rings. The first kappa shape index (κ1) is 61.1. The molecule has 2 aromatic heterocycles. The molecule has 3 aliphatic rings. The Morgan fingerprint density at radius 3 is 2.38 bits per heavy atom. The second-order valence-electron chi connectivity index (χ2n) is 19.6. The topological polar surface area (TPSA) is 437 Å². The summed E-state index contributed by atoms with van der Waals surface area (Å²) in [6.45, 7) is 2.60. The fourth-order valence-corrected chi connectivity index (χ4v) is 11.9. The molecular formula is C54H55N9O19S2. The molecule has 28 nitrogen and oxygen atoms in total. The van der Waals surface area contributed by atoms with Crippen LogP contribution in [0.15, 0.2) is 59.5 Å². The predicted octanol–water partition coefficient (Wildman–Crippen LogP) is 2.27. The average molecular weight is 1200 g/mol. The number of carboxylic acids is 2. The van der Waals surface area contributed by atoms with E-state index in [0.717, 1.165) is 27.7 Å². The van der Waals surface area contributed by atoms with E-state index in [-0.39, 0.29) is 94.6 Å². The number of amides is 3. The van der Waals surface area contributed by atoms with Gasteiger partial charge in [0.1, 0.15) is 53.8 Å². The molecule has 0 radical (unpaired) electrons. The standard InChI is InChI=1S/C54H55N9O19S2/c1-23-42(67)31(17-36(81-23)82-34-19-54(13-14-64,24(2)65)18-29-38(34)46(71)40-39(44(29)69)43(68)28-5-4-6-33(79-3)37(28)45(40)70)61-53(78)80-15-16-83-84-22-32(51(76)77)59-35(66)12-11-30(50(74)75)60-48(72)25-7-9-26(10-8-25)56-20-27-21-57-47-41(58-27)49(73)63-52(55)62-47/h4-10,13,21,23,30-32,34,36,42,56,67,69,71H,11-12,15-20,22H2,1-3H3,(H,59,66)(H,60,72)(H,61,78)(H,74,75)(H,76,77)(H3,55,57,62,63,73)/t23?,30?,31?,32?,34?,36?,42?,54-/m1/s1. The number of nitrogens with two attached hydrogens (primary N) is 1. The highest BCUT2D eigenvalue weighted by Crippen LogP contribution is 2.55. The highest BCUT2D eigenvalue weighted by atomic mass is 33.1. The van der Waals surface area contributed by atoms with Crippen molar-refractivity contribution in [3.8, 4) is 17.2 Å². The SMILES string of the molecule is COc1cccc2c1C(=O)c1c(O)c3c(c(O)c1C2=O)C[C@@](C=C=O)(C(C)=O)CC3OC1CC(NC(=O)OCCSSCC(NC(=O)CCC(NC(=O)c2ccc(NCc3cnc4nc(N)[nH]c(=O)c4n3)cc2)C(=O)O)C(=O)O)C(O)C(C)O1. The molecule has 0 spiro atoms. The number of nitrogens with zero attached hydrogens (tertiary/aromatic N) is 3. The number of benzene rings is 3. The second kappa shape index (κ2) is 26.1. The summed E-state index contributed by atoms with van der Waals surface area (Å²) in [5.41, 5.74) is 2.78. The number of anilines is 2. The fourth-order valence-electron chi connectivity index (χ4n) is 9.88. The number of hydrogen-bond donors (Lipinski definition) is 11. The summed E-state index contributed by atoms with van der Waals surface area (Å²) in [6, 6.07) is 6.19. The van der Waals surface area contributed by atoms with Crippen LogP contribution >= 0.6 is 21.6 Å². The number of aromatic amines is 1. The zero-order valence-corrected chi connectivity index (χ0v) is 46.4. The van der Waals surface area contributed by atoms with Crippen molar-refractivity contribution < 1.29 is 87.6 Å². The number of fused-ring (bicyclic) bond motifs is 4. The monoisotopic (exact) mass is 1200 g/mol. The summed E-state index contributed by atoms with van der Waals surface area (Å²) in [5.74, 6) is -6.54. The number of nitrogens with one attached hydrogen (secondary N) is 5. The van der Waals surface area contributed by atoms with Gasteiger partial charge in [-0.1, -0.05) is 33.7 Å². The van der Waals surface area contributed by atoms with Gasteiger partial charge >= 0.3 is 18.0 Å². The third-order valence-electron chi connectivity index (χ3n) is 14.2. The molecule has 5 aromatic rings. The van der Waals surface area contributed by atoms with Crippen molar-refractivity contribution >= 4 is 97.5 Å². The molecule has 2 aliphatic carbocycles. The number of hydrogen-bond acceptors (Lipinski definition) is 24. The number of phenolic OH excluding ortho intramolecular Hbond substituents is 2. The summed E-state index contributed by atoms with van der Waals surface area (Å²) in [5, 5.41) is 64.8. The van der Waals surface area contributed by atoms with Crippen LogP contribution in [0.1, 0.15) is 105 Å². The van der Waals surface area contributed by atoms with E-state index in [1.807, 2.05) is 0 Å². The molecule has 30 heteroatoms. The van der Waals surface area contributed by atoms with Gasteiger partial charge in [-0.2, -0.15) is 4.98 Å². The number of nitrogen functional groups attached to an aromatic ring is 1. The second-order valence-corrected chi connectivity index (χ2v) is 22.3. The zero-order chi connectivity index (χ0) is 60.7. The van der Waals surface area contributed by atoms with E-state index in [1.165, 1.54) is 57.5 Å². The van der Waals surface area contributed by atoms with Crippen LogP contribution in [-0.4, -0.2) is 160 Å². The number of H-pyrrole nitrogens is 1. The summed E-state index contributed by atoms with van der Waals surface area (Å²) in [6.07, 6.45) is -5.54. The van der Waals surface area contributed by atoms with Crippen LogP contribution in [0.4, 0.5) is 16.4 Å². The summed E-state index contributed by atoms with van der Waals surface area (Å²) in [7, 11) is 3.40. The Morgan fingerprint density at radius 2 is 1.69 bits per heavy atom. The molecule has 1 saturated heterocycles. The van der Waals surface area contributed by atoms with Crippen LogP contribution in [-0.2, 0) is 51.1 Å². The van der Waals surface area contributed by atoms with Gasteiger partial charge in [0.05, 0.1) is 65.9 Å². The van der Waals surface area contributed by atoms with Crippen LogP contribution in [0.5, 0.6) is 17.2 Å². The molecule has 1 aliphatic heterocycles. The van der Waals surface area contributed by atoms with E-state index in [9.17, 15) is 73.5 Å². The minimum absolute atomic E-state index is 0.00399. The highest BCUT2D eigenvalue weighted by Gasteiger charge is 2.50. The number of aromatic nitrogens is 4. The van der Waals surface area contributed by atoms with Gasteiger partial charge in [-0.3, -0.25) is 33.8 Å². The van der Waals surface area contributed by atoms with Gasteiger partial charge in [-0.25, -0.2) is 29.1 Å². The smallest absolute Gasteiger partial charge is 0.407 e. The molecule has 7 unspecified atom stereocenters. The van der Waals surface area contributed by atoms with Crippen molar-refractivity contribution in [3.05, 3.63) is 110 Å². The minimum atomic E-state index is -1.69. The lowest BCUT2D eigenvalue weighted by atomic mass is 9.66. The largest absolute Gasteiger partial charge is 0.507 e. The van der Waals surface area contributed by atoms with Gasteiger partial charge in [0.2, 0.25) is 17.6 Å². The molecule has 3 amide bonds. The number of ketones is 3. The van der Waals surface area contributed by atoms with Crippen molar-refractivity contribution in [2.24, 2.45) is 5.41 Å². The molecule has 442 valence electrons. The molecule has 0 bridgehead atoms. The number of rotatable bonds is 23. The number of Topliss-reactive ketones (excluding diaryl/α,β-unsaturated/α-hetero) is 1. The highest BCUT2D eigenvalue weighted by molar-refractivity contribution is 8.76. The number of aliphatic hydroxyl groups is 1. The number of aliphatic hydroxyl groups excluding tert-OH is 1. The Labute approximate surface area is 483 Å². The maximum atomic E-state index is 14.1. The Hall–Kier alpha value is -8.93. The Bertz CT molecular complexity index is 3580. The van der Waals surface area contributed by atoms with E-state index in [1.54, 1.807) is 18.1 Å². The number of carbonyl (C=O) groups is 8. The Morgan fingerprint density at radius 1 is 0.964 bits per heavy atom. The van der Waals surface area contributed by atoms with Gasteiger partial charge in [0.25, 0.3) is 11.5 Å². The zero-order valence-electron chi connectivity index (χ0n) is 44.8. The number of aromatic hydroxyl groups is 2. The van der Waals surface area contributed by atoms with Gasteiger partial charge in [0.15, 0.2) is 23.2 Å². The molecule has 8 atom stereocenters. The lowest BCUT2D eigenvalue weighted by Crippen LogP contribution is -2.55. The van der Waals surface area contributed by atoms with Crippen LogP contribution in [0.25, 0.3) is 11.2 Å². The Kier molecular flexibility index (Phi) is 19.0. The normalized spacial score (nSPS) is 20.4. The predicted molar refractivity (Wildman–Crippen MR) is 297 cm³/mol. The molecule has 8 rings (SSSR count). The molecule has 12 N–H and O–H groups in total. The average Bonchev–Trinajstić information content (AvgIpc) is 0.865. The number of aliphatic carboxylic acids is 2. The van der Waals surface area contributed by atoms with Crippen molar-refractivity contribution in [2.75, 3.05) is 36.3 Å². The maximum absolute atomic E-state index is 14.1. The van der Waals surface area contributed by atoms with E-state index in [0.29, 0.717) is 11.4 Å². The van der Waals surface area contributed by atoms with Crippen molar-refractivity contribution in [2.45, 2.75) is 95.2 Å². The number of carbonyl (C=O) groups excluding carboxylic acids is 7. The van der Waals surface area contributed by atoms with Gasteiger partial charge in [0, 0.05) is 58.4 Å². The summed E-state index contributed by atoms with van der Waals surface area (Å²) in [4.78, 5) is 143. The van der Waals surface area contributed by atoms with Gasteiger partial charge < -0.3 is 71.5 Å². The number of phenols is 2. The molecule has 84 heavy (non-hydrogen) atoms. The number of carboxylic acid groups (broad SMARTS) is 2. The molecule has 3 heterocycles. The van der Waals surface area contributed by atoms with E-state index >= 15 is 0 Å². The third kappa shape index (κ3) is 13.3. The van der Waals surface area contributed by atoms with Crippen molar-refractivity contribution in [1.29, 1.82) is 0 Å². The quantitative estimate of drug-likeness (QED) is 0.0190. The first-order valence-electron chi connectivity index (χ1n) is 25.7. The number of methoxy groups -OCH3 is 1. The van der Waals surface area contributed by atoms with Gasteiger partial charge in [-0.05, 0) is 63.4 Å². The van der Waals surface area contributed by atoms with Crippen LogP contribution in [0.3, 0.4) is 0 Å². The van der Waals surface area contributed by atoms with Crippen LogP contribution < -0.4 is 37.3 Å².